The van der Waals surface area contributed by atoms with Crippen LogP contribution in [0.5, 0.6) is 5.75 Å². The molecule has 124 valence electrons. The van der Waals surface area contributed by atoms with Crippen LogP contribution in [-0.4, -0.2) is 21.6 Å². The number of benzene rings is 2. The van der Waals surface area contributed by atoms with Crippen LogP contribution in [0.4, 0.5) is 0 Å². The summed E-state index contributed by atoms with van der Waals surface area (Å²) in [6.45, 7) is 6.01. The second-order valence-corrected chi connectivity index (χ2v) is 7.59. The van der Waals surface area contributed by atoms with Crippen molar-refractivity contribution < 1.29 is 13.2 Å². The summed E-state index contributed by atoms with van der Waals surface area (Å²) >= 11 is 6.03. The molecule has 0 aliphatic carbocycles. The number of nitrogens with one attached hydrogen (secondary N) is 1. The lowest BCUT2D eigenvalue weighted by Crippen LogP contribution is -2.28. The van der Waals surface area contributed by atoms with Crippen molar-refractivity contribution in [3.8, 4) is 5.75 Å². The predicted octanol–water partition coefficient (Wildman–Crippen LogP) is 3.62. The SMILES string of the molecule is Cc1ccc(S(=O)(=O)NCCOc2cc(C)ccc2Cl)c(C)c1. The molecule has 2 aromatic carbocycles. The molecule has 0 saturated heterocycles. The van der Waals surface area contributed by atoms with E-state index in [0.29, 0.717) is 10.8 Å². The van der Waals surface area contributed by atoms with Gasteiger partial charge < -0.3 is 4.74 Å². The van der Waals surface area contributed by atoms with Gasteiger partial charge in [0.2, 0.25) is 10.0 Å². The van der Waals surface area contributed by atoms with Crippen molar-refractivity contribution in [2.75, 3.05) is 13.2 Å². The molecule has 0 atom stereocenters. The minimum atomic E-state index is -3.54. The first-order valence-corrected chi connectivity index (χ1v) is 9.11. The van der Waals surface area contributed by atoms with Crippen molar-refractivity contribution in [3.05, 3.63) is 58.1 Å². The molecule has 2 rings (SSSR count). The van der Waals surface area contributed by atoms with Crippen molar-refractivity contribution in [1.29, 1.82) is 0 Å². The molecular formula is C17H20ClNO3S. The third-order valence-corrected chi connectivity index (χ3v) is 5.29. The molecule has 0 aliphatic heterocycles. The monoisotopic (exact) mass is 353 g/mol. The topological polar surface area (TPSA) is 55.4 Å². The zero-order valence-corrected chi connectivity index (χ0v) is 15.0. The molecular weight excluding hydrogens is 334 g/mol. The fraction of sp³-hybridized carbons (Fsp3) is 0.294. The Balaban J connectivity index is 1.96. The van der Waals surface area contributed by atoms with Crippen LogP contribution in [0.25, 0.3) is 0 Å². The predicted molar refractivity (Wildman–Crippen MR) is 92.8 cm³/mol. The van der Waals surface area contributed by atoms with E-state index < -0.39 is 10.0 Å². The van der Waals surface area contributed by atoms with Gasteiger partial charge in [-0.25, -0.2) is 13.1 Å². The number of ether oxygens (including phenoxy) is 1. The number of sulfonamides is 1. The lowest BCUT2D eigenvalue weighted by molar-refractivity contribution is 0.323. The maximum atomic E-state index is 12.3. The van der Waals surface area contributed by atoms with E-state index in [9.17, 15) is 8.42 Å². The van der Waals surface area contributed by atoms with Crippen LogP contribution < -0.4 is 9.46 Å². The molecule has 1 N–H and O–H groups in total. The van der Waals surface area contributed by atoms with E-state index in [0.717, 1.165) is 16.7 Å². The maximum Gasteiger partial charge on any atom is 0.240 e. The van der Waals surface area contributed by atoms with Crippen LogP contribution in [-0.2, 0) is 10.0 Å². The van der Waals surface area contributed by atoms with Crippen LogP contribution in [0.15, 0.2) is 41.3 Å². The van der Waals surface area contributed by atoms with Gasteiger partial charge in [-0.05, 0) is 50.1 Å². The molecule has 0 aliphatic rings. The first kappa shape index (κ1) is 17.8. The van der Waals surface area contributed by atoms with E-state index in [1.807, 2.05) is 32.0 Å². The van der Waals surface area contributed by atoms with E-state index in [2.05, 4.69) is 4.72 Å². The van der Waals surface area contributed by atoms with Crippen molar-refractivity contribution >= 4 is 21.6 Å². The Morgan fingerprint density at radius 3 is 2.39 bits per heavy atom. The zero-order chi connectivity index (χ0) is 17.0. The lowest BCUT2D eigenvalue weighted by Gasteiger charge is -2.12. The van der Waals surface area contributed by atoms with Gasteiger partial charge in [0.25, 0.3) is 0 Å². The first-order valence-electron chi connectivity index (χ1n) is 7.25. The number of aryl methyl sites for hydroxylation is 3. The Labute approximate surface area is 142 Å². The fourth-order valence-corrected chi connectivity index (χ4v) is 3.65. The maximum absolute atomic E-state index is 12.3. The van der Waals surface area contributed by atoms with Gasteiger partial charge in [0, 0.05) is 6.54 Å². The zero-order valence-electron chi connectivity index (χ0n) is 13.4. The van der Waals surface area contributed by atoms with Crippen molar-refractivity contribution in [3.63, 3.8) is 0 Å². The summed E-state index contributed by atoms with van der Waals surface area (Å²) in [6.07, 6.45) is 0. The van der Waals surface area contributed by atoms with E-state index in [1.54, 1.807) is 25.1 Å². The largest absolute Gasteiger partial charge is 0.491 e. The van der Waals surface area contributed by atoms with Crippen LogP contribution in [0, 0.1) is 20.8 Å². The molecule has 23 heavy (non-hydrogen) atoms. The highest BCUT2D eigenvalue weighted by Gasteiger charge is 2.16. The Hall–Kier alpha value is -1.56. The normalized spacial score (nSPS) is 11.5. The van der Waals surface area contributed by atoms with Crippen molar-refractivity contribution in [2.45, 2.75) is 25.7 Å². The Morgan fingerprint density at radius 2 is 1.70 bits per heavy atom. The third kappa shape index (κ3) is 4.70. The number of hydrogen-bond acceptors (Lipinski definition) is 3. The molecule has 0 bridgehead atoms. The van der Waals surface area contributed by atoms with E-state index in [-0.39, 0.29) is 18.0 Å². The van der Waals surface area contributed by atoms with Gasteiger partial charge in [0.1, 0.15) is 12.4 Å². The highest BCUT2D eigenvalue weighted by atomic mass is 35.5. The summed E-state index contributed by atoms with van der Waals surface area (Å²) < 4.78 is 32.7. The lowest BCUT2D eigenvalue weighted by atomic mass is 10.2. The Morgan fingerprint density at radius 1 is 1.04 bits per heavy atom. The number of rotatable bonds is 6. The Kier molecular flexibility index (Phi) is 5.68. The number of hydrogen-bond donors (Lipinski definition) is 1. The summed E-state index contributed by atoms with van der Waals surface area (Å²) in [5, 5.41) is 0.507. The summed E-state index contributed by atoms with van der Waals surface area (Å²) in [6, 6.07) is 10.7. The smallest absolute Gasteiger partial charge is 0.240 e. The van der Waals surface area contributed by atoms with Crippen molar-refractivity contribution in [2.24, 2.45) is 0 Å². The second-order valence-electron chi connectivity index (χ2n) is 5.45. The highest BCUT2D eigenvalue weighted by molar-refractivity contribution is 7.89. The van der Waals surface area contributed by atoms with E-state index in [1.165, 1.54) is 0 Å². The second kappa shape index (κ2) is 7.34. The number of halogens is 1. The molecule has 0 fully saturated rings. The Bertz CT molecular complexity index is 803. The highest BCUT2D eigenvalue weighted by Crippen LogP contribution is 2.25. The summed E-state index contributed by atoms with van der Waals surface area (Å²) in [7, 11) is -3.54. The van der Waals surface area contributed by atoms with Gasteiger partial charge in [-0.3, -0.25) is 0 Å². The van der Waals surface area contributed by atoms with Crippen LogP contribution >= 0.6 is 11.6 Å². The molecule has 0 aromatic heterocycles. The van der Waals surface area contributed by atoms with Gasteiger partial charge in [0.05, 0.1) is 9.92 Å². The summed E-state index contributed by atoms with van der Waals surface area (Å²) in [5.74, 6) is 0.553. The van der Waals surface area contributed by atoms with Gasteiger partial charge in [-0.15, -0.1) is 0 Å². The minimum absolute atomic E-state index is 0.167. The van der Waals surface area contributed by atoms with Gasteiger partial charge >= 0.3 is 0 Å². The van der Waals surface area contributed by atoms with Gasteiger partial charge in [0.15, 0.2) is 0 Å². The van der Waals surface area contributed by atoms with E-state index in [4.69, 9.17) is 16.3 Å². The van der Waals surface area contributed by atoms with Crippen LogP contribution in [0.2, 0.25) is 5.02 Å². The molecule has 0 unspecified atom stereocenters. The fourth-order valence-electron chi connectivity index (χ4n) is 2.24. The standard InChI is InChI=1S/C17H20ClNO3S/c1-12-5-7-17(14(3)10-12)23(20,21)19-8-9-22-16-11-13(2)4-6-15(16)18/h4-7,10-11,19H,8-9H2,1-3H3. The molecule has 0 saturated carbocycles. The van der Waals surface area contributed by atoms with Crippen molar-refractivity contribution in [1.82, 2.24) is 4.72 Å². The van der Waals surface area contributed by atoms with Crippen LogP contribution in [0.1, 0.15) is 16.7 Å². The quantitative estimate of drug-likeness (QED) is 0.807. The van der Waals surface area contributed by atoms with Gasteiger partial charge in [-0.1, -0.05) is 35.4 Å². The van der Waals surface area contributed by atoms with Crippen LogP contribution in [0.3, 0.4) is 0 Å². The summed E-state index contributed by atoms with van der Waals surface area (Å²) in [5.41, 5.74) is 2.78. The first-order chi connectivity index (χ1) is 10.8. The molecule has 6 heteroatoms. The van der Waals surface area contributed by atoms with Gasteiger partial charge in [-0.2, -0.15) is 0 Å². The van der Waals surface area contributed by atoms with E-state index >= 15 is 0 Å². The summed E-state index contributed by atoms with van der Waals surface area (Å²) in [4.78, 5) is 0.289. The average molecular weight is 354 g/mol. The molecule has 0 radical (unpaired) electrons. The molecule has 4 nitrogen and oxygen atoms in total. The molecule has 2 aromatic rings. The third-order valence-electron chi connectivity index (χ3n) is 3.36. The molecule has 0 heterocycles. The molecule has 0 spiro atoms. The minimum Gasteiger partial charge on any atom is -0.491 e. The average Bonchev–Trinajstić information content (AvgIpc) is 2.46. The molecule has 0 amide bonds.